The van der Waals surface area contributed by atoms with E-state index in [9.17, 15) is 19.7 Å². The van der Waals surface area contributed by atoms with Gasteiger partial charge in [0.25, 0.3) is 11.6 Å². The molecule has 0 saturated heterocycles. The molecular weight excluding hydrogens is 378 g/mol. The second kappa shape index (κ2) is 8.87. The Kier molecular flexibility index (Phi) is 6.08. The zero-order valence-corrected chi connectivity index (χ0v) is 15.7. The number of nitro groups is 1. The second-order valence-electron chi connectivity index (χ2n) is 6.17. The van der Waals surface area contributed by atoms with Crippen molar-refractivity contribution in [2.24, 2.45) is 0 Å². The van der Waals surface area contributed by atoms with Crippen LogP contribution in [0.5, 0.6) is 5.75 Å². The summed E-state index contributed by atoms with van der Waals surface area (Å²) in [4.78, 5) is 34.2. The summed E-state index contributed by atoms with van der Waals surface area (Å²) in [5.41, 5.74) is 1.10. The number of hydrogen-bond acceptors (Lipinski definition) is 6. The number of para-hydroxylation sites is 1. The van der Waals surface area contributed by atoms with Crippen LogP contribution in [0.2, 0.25) is 0 Å². The standard InChI is InChI=1S/C20H19N3O6/c1-28-18-12-15(23(26)27)6-7-16(18)21-19(24)13-29-20(25)9-11-22-10-8-14-4-2-3-5-17(14)22/h2-8,10,12H,9,11,13H2,1H3,(H,21,24). The lowest BCUT2D eigenvalue weighted by Crippen LogP contribution is -2.21. The molecule has 1 N–H and O–H groups in total. The van der Waals surface area contributed by atoms with Crippen LogP contribution in [0.15, 0.2) is 54.7 Å². The van der Waals surface area contributed by atoms with E-state index in [2.05, 4.69) is 5.32 Å². The summed E-state index contributed by atoms with van der Waals surface area (Å²) in [5.74, 6) is -0.941. The number of esters is 1. The van der Waals surface area contributed by atoms with Crippen molar-refractivity contribution < 1.29 is 24.0 Å². The van der Waals surface area contributed by atoms with E-state index in [1.807, 2.05) is 41.1 Å². The lowest BCUT2D eigenvalue weighted by atomic mass is 10.2. The molecular formula is C20H19N3O6. The number of fused-ring (bicyclic) bond motifs is 1. The Morgan fingerprint density at radius 1 is 1.17 bits per heavy atom. The van der Waals surface area contributed by atoms with Crippen molar-refractivity contribution in [2.75, 3.05) is 19.0 Å². The highest BCUT2D eigenvalue weighted by atomic mass is 16.6. The van der Waals surface area contributed by atoms with Gasteiger partial charge in [0, 0.05) is 24.3 Å². The molecule has 0 spiro atoms. The highest BCUT2D eigenvalue weighted by molar-refractivity contribution is 5.94. The third-order valence-corrected chi connectivity index (χ3v) is 4.27. The first-order valence-electron chi connectivity index (χ1n) is 8.79. The number of non-ortho nitro benzene ring substituents is 1. The number of carbonyl (C=O) groups excluding carboxylic acids is 2. The minimum absolute atomic E-state index is 0.118. The van der Waals surface area contributed by atoms with Crippen LogP contribution in [0.4, 0.5) is 11.4 Å². The van der Waals surface area contributed by atoms with Gasteiger partial charge in [-0.1, -0.05) is 18.2 Å². The van der Waals surface area contributed by atoms with Gasteiger partial charge in [0.05, 0.1) is 30.2 Å². The van der Waals surface area contributed by atoms with E-state index >= 15 is 0 Å². The zero-order valence-electron chi connectivity index (χ0n) is 15.7. The number of hydrogen-bond donors (Lipinski definition) is 1. The van der Waals surface area contributed by atoms with Crippen molar-refractivity contribution >= 4 is 34.2 Å². The molecule has 1 aromatic heterocycles. The van der Waals surface area contributed by atoms with Gasteiger partial charge in [-0.15, -0.1) is 0 Å². The summed E-state index contributed by atoms with van der Waals surface area (Å²) in [6.07, 6.45) is 2.01. The topological polar surface area (TPSA) is 113 Å². The van der Waals surface area contributed by atoms with Crippen LogP contribution in [0, 0.1) is 10.1 Å². The summed E-state index contributed by atoms with van der Waals surface area (Å²) < 4.78 is 12.0. The maximum atomic E-state index is 12.0. The number of ether oxygens (including phenoxy) is 2. The predicted molar refractivity (Wildman–Crippen MR) is 106 cm³/mol. The number of carbonyl (C=O) groups is 2. The van der Waals surface area contributed by atoms with E-state index in [1.54, 1.807) is 0 Å². The summed E-state index contributed by atoms with van der Waals surface area (Å²) in [7, 11) is 1.33. The zero-order chi connectivity index (χ0) is 20.8. The van der Waals surface area contributed by atoms with Crippen molar-refractivity contribution in [3.63, 3.8) is 0 Å². The first-order valence-corrected chi connectivity index (χ1v) is 8.79. The number of nitro benzene ring substituents is 1. The molecule has 29 heavy (non-hydrogen) atoms. The fraction of sp³-hybridized carbons (Fsp3) is 0.200. The Morgan fingerprint density at radius 3 is 2.72 bits per heavy atom. The van der Waals surface area contributed by atoms with E-state index in [0.717, 1.165) is 10.9 Å². The summed E-state index contributed by atoms with van der Waals surface area (Å²) >= 11 is 0. The predicted octanol–water partition coefficient (Wildman–Crippen LogP) is 3.13. The van der Waals surface area contributed by atoms with E-state index in [-0.39, 0.29) is 23.5 Å². The number of amides is 1. The van der Waals surface area contributed by atoms with Gasteiger partial charge in [0.2, 0.25) is 0 Å². The summed E-state index contributed by atoms with van der Waals surface area (Å²) in [6, 6.07) is 13.6. The van der Waals surface area contributed by atoms with Crippen LogP contribution in [-0.2, 0) is 20.9 Å². The molecule has 9 heteroatoms. The number of methoxy groups -OCH3 is 1. The fourth-order valence-electron chi connectivity index (χ4n) is 2.85. The van der Waals surface area contributed by atoms with E-state index < -0.39 is 23.4 Å². The molecule has 3 aromatic rings. The van der Waals surface area contributed by atoms with Crippen LogP contribution in [0.25, 0.3) is 10.9 Å². The number of anilines is 1. The maximum Gasteiger partial charge on any atom is 0.308 e. The number of aryl methyl sites for hydroxylation is 1. The van der Waals surface area contributed by atoms with E-state index in [1.165, 1.54) is 25.3 Å². The SMILES string of the molecule is COc1cc([N+](=O)[O-])ccc1NC(=O)COC(=O)CCn1ccc2ccccc21. The van der Waals surface area contributed by atoms with Crippen molar-refractivity contribution in [2.45, 2.75) is 13.0 Å². The quantitative estimate of drug-likeness (QED) is 0.355. The molecule has 0 fully saturated rings. The first kappa shape index (κ1) is 19.9. The monoisotopic (exact) mass is 397 g/mol. The lowest BCUT2D eigenvalue weighted by molar-refractivity contribution is -0.384. The molecule has 0 aliphatic rings. The van der Waals surface area contributed by atoms with Crippen LogP contribution >= 0.6 is 0 Å². The molecule has 9 nitrogen and oxygen atoms in total. The molecule has 1 amide bonds. The van der Waals surface area contributed by atoms with Crippen LogP contribution in [0.3, 0.4) is 0 Å². The molecule has 0 radical (unpaired) electrons. The van der Waals surface area contributed by atoms with Gasteiger partial charge in [-0.3, -0.25) is 19.7 Å². The fourth-order valence-corrected chi connectivity index (χ4v) is 2.85. The van der Waals surface area contributed by atoms with Gasteiger partial charge in [0.1, 0.15) is 5.75 Å². The summed E-state index contributed by atoms with van der Waals surface area (Å²) in [6.45, 7) is -0.0322. The lowest BCUT2D eigenvalue weighted by Gasteiger charge is -2.10. The maximum absolute atomic E-state index is 12.0. The van der Waals surface area contributed by atoms with E-state index in [0.29, 0.717) is 6.54 Å². The summed E-state index contributed by atoms with van der Waals surface area (Å²) in [5, 5.41) is 14.4. The van der Waals surface area contributed by atoms with Crippen LogP contribution < -0.4 is 10.1 Å². The first-order chi connectivity index (χ1) is 14.0. The van der Waals surface area contributed by atoms with Crippen molar-refractivity contribution in [3.8, 4) is 5.75 Å². The normalized spacial score (nSPS) is 10.5. The third-order valence-electron chi connectivity index (χ3n) is 4.27. The van der Waals surface area contributed by atoms with Gasteiger partial charge in [-0.05, 0) is 23.6 Å². The second-order valence-corrected chi connectivity index (χ2v) is 6.17. The average Bonchev–Trinajstić information content (AvgIpc) is 3.14. The number of nitrogens with one attached hydrogen (secondary N) is 1. The minimum Gasteiger partial charge on any atom is -0.494 e. The van der Waals surface area contributed by atoms with Gasteiger partial charge in [-0.25, -0.2) is 0 Å². The van der Waals surface area contributed by atoms with E-state index in [4.69, 9.17) is 9.47 Å². The molecule has 3 rings (SSSR count). The molecule has 150 valence electrons. The number of aromatic nitrogens is 1. The molecule has 0 bridgehead atoms. The Morgan fingerprint density at radius 2 is 1.97 bits per heavy atom. The molecule has 0 atom stereocenters. The largest absolute Gasteiger partial charge is 0.494 e. The number of benzene rings is 2. The van der Waals surface area contributed by atoms with Crippen molar-refractivity contribution in [3.05, 3.63) is 64.8 Å². The third kappa shape index (κ3) is 4.89. The Bertz CT molecular complexity index is 1060. The van der Waals surface area contributed by atoms with Gasteiger partial charge < -0.3 is 19.4 Å². The van der Waals surface area contributed by atoms with Crippen LogP contribution in [0.1, 0.15) is 6.42 Å². The highest BCUT2D eigenvalue weighted by Gasteiger charge is 2.14. The Balaban J connectivity index is 1.50. The number of nitrogens with zero attached hydrogens (tertiary/aromatic N) is 2. The Labute approximate surface area is 166 Å². The van der Waals surface area contributed by atoms with Crippen molar-refractivity contribution in [1.82, 2.24) is 4.57 Å². The molecule has 0 aliphatic heterocycles. The highest BCUT2D eigenvalue weighted by Crippen LogP contribution is 2.28. The molecule has 1 heterocycles. The minimum atomic E-state index is -0.572. The van der Waals surface area contributed by atoms with Crippen molar-refractivity contribution in [1.29, 1.82) is 0 Å². The molecule has 0 saturated carbocycles. The van der Waals surface area contributed by atoms with Crippen LogP contribution in [-0.4, -0.2) is 35.1 Å². The molecule has 0 unspecified atom stereocenters. The van der Waals surface area contributed by atoms with Gasteiger partial charge in [0.15, 0.2) is 6.61 Å². The average molecular weight is 397 g/mol. The van der Waals surface area contributed by atoms with Gasteiger partial charge in [-0.2, -0.15) is 0 Å². The molecule has 0 aliphatic carbocycles. The molecule has 2 aromatic carbocycles. The number of rotatable bonds is 8. The van der Waals surface area contributed by atoms with Gasteiger partial charge >= 0.3 is 5.97 Å². The smallest absolute Gasteiger partial charge is 0.308 e. The Hall–Kier alpha value is -3.88.